The fourth-order valence-electron chi connectivity index (χ4n) is 2.78. The molecule has 0 bridgehead atoms. The zero-order chi connectivity index (χ0) is 14.2. The van der Waals surface area contributed by atoms with Crippen LogP contribution in [0.5, 0.6) is 11.5 Å². The first-order valence-electron chi connectivity index (χ1n) is 7.11. The molecule has 0 saturated carbocycles. The van der Waals surface area contributed by atoms with Gasteiger partial charge in [0.25, 0.3) is 0 Å². The van der Waals surface area contributed by atoms with Crippen LogP contribution in [0.15, 0.2) is 42.5 Å². The van der Waals surface area contributed by atoms with Crippen molar-refractivity contribution < 1.29 is 14.3 Å². The molecule has 2 heterocycles. The molecule has 4 rings (SSSR count). The summed E-state index contributed by atoms with van der Waals surface area (Å²) in [6, 6.07) is 13.3. The highest BCUT2D eigenvalue weighted by Crippen LogP contribution is 2.30. The standard InChI is InChI=1S/C17H15NO3/c19-17(12-5-6-14-11(9-12)7-8-20-14)16-10-18-13-3-1-2-4-15(13)21-16/h1-6,9,16,18H,7-8,10H2. The molecular formula is C17H15NO3. The predicted octanol–water partition coefficient (Wildman–Crippen LogP) is 2.68. The Hall–Kier alpha value is -2.49. The largest absolute Gasteiger partial charge is 0.493 e. The van der Waals surface area contributed by atoms with Gasteiger partial charge in [0.2, 0.25) is 5.78 Å². The number of carbonyl (C=O) groups is 1. The summed E-state index contributed by atoms with van der Waals surface area (Å²) in [4.78, 5) is 12.6. The van der Waals surface area contributed by atoms with E-state index in [1.807, 2.05) is 42.5 Å². The average molecular weight is 281 g/mol. The SMILES string of the molecule is O=C(c1ccc2c(c1)CCO2)C1CNc2ccccc2O1. The van der Waals surface area contributed by atoms with Crippen LogP contribution in [0, 0.1) is 0 Å². The van der Waals surface area contributed by atoms with E-state index >= 15 is 0 Å². The number of Topliss-reactive ketones (excluding diaryl/α,β-unsaturated/α-hetero) is 1. The van der Waals surface area contributed by atoms with Gasteiger partial charge in [0.1, 0.15) is 11.5 Å². The summed E-state index contributed by atoms with van der Waals surface area (Å²) in [5.41, 5.74) is 2.72. The number of benzene rings is 2. The Labute approximate surface area is 122 Å². The Bertz CT molecular complexity index is 711. The number of ether oxygens (including phenoxy) is 2. The van der Waals surface area contributed by atoms with Gasteiger partial charge in [-0.2, -0.15) is 0 Å². The zero-order valence-electron chi connectivity index (χ0n) is 11.5. The van der Waals surface area contributed by atoms with Crippen LogP contribution in [-0.4, -0.2) is 25.0 Å². The van der Waals surface area contributed by atoms with Gasteiger partial charge in [0.15, 0.2) is 6.10 Å². The van der Waals surface area contributed by atoms with E-state index in [0.29, 0.717) is 18.7 Å². The van der Waals surface area contributed by atoms with E-state index in [2.05, 4.69) is 5.32 Å². The van der Waals surface area contributed by atoms with E-state index in [-0.39, 0.29) is 5.78 Å². The molecular weight excluding hydrogens is 266 g/mol. The molecule has 0 saturated heterocycles. The predicted molar refractivity (Wildman–Crippen MR) is 79.3 cm³/mol. The normalized spacial score (nSPS) is 18.8. The van der Waals surface area contributed by atoms with Crippen LogP contribution in [0.1, 0.15) is 15.9 Å². The minimum absolute atomic E-state index is 0.00621. The molecule has 106 valence electrons. The highest BCUT2D eigenvalue weighted by atomic mass is 16.5. The Balaban J connectivity index is 1.59. The highest BCUT2D eigenvalue weighted by Gasteiger charge is 2.27. The third-order valence-electron chi connectivity index (χ3n) is 3.90. The van der Waals surface area contributed by atoms with Crippen LogP contribution in [-0.2, 0) is 6.42 Å². The minimum Gasteiger partial charge on any atom is -0.493 e. The van der Waals surface area contributed by atoms with Crippen molar-refractivity contribution in [2.75, 3.05) is 18.5 Å². The Kier molecular flexibility index (Phi) is 2.81. The molecule has 2 aromatic rings. The number of para-hydroxylation sites is 2. The van der Waals surface area contributed by atoms with Crippen molar-refractivity contribution in [3.63, 3.8) is 0 Å². The Morgan fingerprint density at radius 2 is 2.05 bits per heavy atom. The summed E-state index contributed by atoms with van der Waals surface area (Å²) < 4.78 is 11.3. The first kappa shape index (κ1) is 12.3. The fourth-order valence-corrected chi connectivity index (χ4v) is 2.78. The van der Waals surface area contributed by atoms with Gasteiger partial charge in [0.05, 0.1) is 18.8 Å². The molecule has 0 spiro atoms. The van der Waals surface area contributed by atoms with Crippen LogP contribution in [0.3, 0.4) is 0 Å². The third kappa shape index (κ3) is 2.13. The maximum atomic E-state index is 12.6. The van der Waals surface area contributed by atoms with E-state index < -0.39 is 6.10 Å². The maximum absolute atomic E-state index is 12.6. The Morgan fingerprint density at radius 1 is 1.14 bits per heavy atom. The molecule has 0 aromatic heterocycles. The number of rotatable bonds is 2. The van der Waals surface area contributed by atoms with Gasteiger partial charge >= 0.3 is 0 Å². The van der Waals surface area contributed by atoms with E-state index in [1.54, 1.807) is 0 Å². The first-order valence-corrected chi connectivity index (χ1v) is 7.11. The summed E-state index contributed by atoms with van der Waals surface area (Å²) >= 11 is 0. The van der Waals surface area contributed by atoms with Crippen molar-refractivity contribution in [1.82, 2.24) is 0 Å². The quantitative estimate of drug-likeness (QED) is 0.860. The summed E-state index contributed by atoms with van der Waals surface area (Å²) in [7, 11) is 0. The summed E-state index contributed by atoms with van der Waals surface area (Å²) in [5, 5.41) is 3.25. The van der Waals surface area contributed by atoms with E-state index in [9.17, 15) is 4.79 Å². The lowest BCUT2D eigenvalue weighted by Crippen LogP contribution is -2.37. The van der Waals surface area contributed by atoms with Gasteiger partial charge in [0, 0.05) is 12.0 Å². The number of fused-ring (bicyclic) bond motifs is 2. The van der Waals surface area contributed by atoms with Crippen LogP contribution in [0.25, 0.3) is 0 Å². The lowest BCUT2D eigenvalue weighted by atomic mass is 10.0. The van der Waals surface area contributed by atoms with Crippen molar-refractivity contribution in [1.29, 1.82) is 0 Å². The van der Waals surface area contributed by atoms with E-state index in [4.69, 9.17) is 9.47 Å². The van der Waals surface area contributed by atoms with Gasteiger partial charge in [-0.3, -0.25) is 4.79 Å². The first-order chi connectivity index (χ1) is 10.3. The third-order valence-corrected chi connectivity index (χ3v) is 3.90. The second-order valence-corrected chi connectivity index (χ2v) is 5.27. The van der Waals surface area contributed by atoms with Crippen LogP contribution < -0.4 is 14.8 Å². The smallest absolute Gasteiger partial charge is 0.205 e. The number of hydrogen-bond acceptors (Lipinski definition) is 4. The molecule has 1 N–H and O–H groups in total. The van der Waals surface area contributed by atoms with E-state index in [1.165, 1.54) is 0 Å². The molecule has 0 fully saturated rings. The molecule has 4 heteroatoms. The summed E-state index contributed by atoms with van der Waals surface area (Å²) in [6.45, 7) is 1.19. The van der Waals surface area contributed by atoms with Crippen molar-refractivity contribution in [3.8, 4) is 11.5 Å². The van der Waals surface area contributed by atoms with Crippen molar-refractivity contribution in [2.45, 2.75) is 12.5 Å². The Morgan fingerprint density at radius 3 is 3.00 bits per heavy atom. The molecule has 0 amide bonds. The van der Waals surface area contributed by atoms with Crippen LogP contribution in [0.4, 0.5) is 5.69 Å². The monoisotopic (exact) mass is 281 g/mol. The zero-order valence-corrected chi connectivity index (χ0v) is 11.5. The van der Waals surface area contributed by atoms with Gasteiger partial charge in [-0.25, -0.2) is 0 Å². The molecule has 2 aromatic carbocycles. The minimum atomic E-state index is -0.486. The van der Waals surface area contributed by atoms with Crippen LogP contribution in [0.2, 0.25) is 0 Å². The number of ketones is 1. The number of hydrogen-bond donors (Lipinski definition) is 1. The highest BCUT2D eigenvalue weighted by molar-refractivity contribution is 6.00. The molecule has 1 atom stereocenters. The molecule has 2 aliphatic heterocycles. The van der Waals surface area contributed by atoms with E-state index in [0.717, 1.165) is 29.2 Å². The van der Waals surface area contributed by atoms with Crippen molar-refractivity contribution in [2.24, 2.45) is 0 Å². The van der Waals surface area contributed by atoms with Crippen molar-refractivity contribution in [3.05, 3.63) is 53.6 Å². The number of nitrogens with one attached hydrogen (secondary N) is 1. The molecule has 0 radical (unpaired) electrons. The van der Waals surface area contributed by atoms with Gasteiger partial charge < -0.3 is 14.8 Å². The molecule has 2 aliphatic rings. The van der Waals surface area contributed by atoms with Gasteiger partial charge in [-0.1, -0.05) is 12.1 Å². The van der Waals surface area contributed by atoms with Crippen LogP contribution >= 0.6 is 0 Å². The number of anilines is 1. The molecule has 4 nitrogen and oxygen atoms in total. The fraction of sp³-hybridized carbons (Fsp3) is 0.235. The molecule has 1 unspecified atom stereocenters. The topological polar surface area (TPSA) is 47.6 Å². The molecule has 0 aliphatic carbocycles. The summed E-state index contributed by atoms with van der Waals surface area (Å²) in [5.74, 6) is 1.62. The lowest BCUT2D eigenvalue weighted by molar-refractivity contribution is 0.0801. The van der Waals surface area contributed by atoms with Gasteiger partial charge in [-0.05, 0) is 35.9 Å². The van der Waals surface area contributed by atoms with Gasteiger partial charge in [-0.15, -0.1) is 0 Å². The average Bonchev–Trinajstić information content (AvgIpc) is 3.01. The lowest BCUT2D eigenvalue weighted by Gasteiger charge is -2.26. The second kappa shape index (κ2) is 4.81. The molecule has 21 heavy (non-hydrogen) atoms. The van der Waals surface area contributed by atoms with Crippen molar-refractivity contribution >= 4 is 11.5 Å². The second-order valence-electron chi connectivity index (χ2n) is 5.27. The summed E-state index contributed by atoms with van der Waals surface area (Å²) in [6.07, 6.45) is 0.378. The number of carbonyl (C=O) groups excluding carboxylic acids is 1. The maximum Gasteiger partial charge on any atom is 0.205 e.